The quantitative estimate of drug-likeness (QED) is 0.834. The molecule has 0 aliphatic carbocycles. The predicted molar refractivity (Wildman–Crippen MR) is 71.3 cm³/mol. The molecule has 1 amide bonds. The lowest BCUT2D eigenvalue weighted by Crippen LogP contribution is -2.32. The Morgan fingerprint density at radius 1 is 1.56 bits per heavy atom. The van der Waals surface area contributed by atoms with Crippen LogP contribution in [0.2, 0.25) is 5.02 Å². The topological polar surface area (TPSA) is 58.6 Å². The number of aliphatic hydroxyl groups is 1. The summed E-state index contributed by atoms with van der Waals surface area (Å²) in [5.74, 6) is 0.159. The highest BCUT2D eigenvalue weighted by molar-refractivity contribution is 6.31. The van der Waals surface area contributed by atoms with Crippen molar-refractivity contribution in [2.24, 2.45) is 0 Å². The minimum Gasteiger partial charge on any atom is -0.496 e. The van der Waals surface area contributed by atoms with Gasteiger partial charge in [0.05, 0.1) is 18.8 Å². The van der Waals surface area contributed by atoms with Gasteiger partial charge in [-0.2, -0.15) is 0 Å². The van der Waals surface area contributed by atoms with Crippen molar-refractivity contribution < 1.29 is 14.6 Å². The number of halogens is 1. The Labute approximate surface area is 112 Å². The van der Waals surface area contributed by atoms with E-state index in [2.05, 4.69) is 5.32 Å². The highest BCUT2D eigenvalue weighted by Crippen LogP contribution is 2.22. The zero-order chi connectivity index (χ0) is 13.5. The zero-order valence-electron chi connectivity index (χ0n) is 10.6. The molecule has 0 aromatic heterocycles. The van der Waals surface area contributed by atoms with Gasteiger partial charge in [0.15, 0.2) is 0 Å². The van der Waals surface area contributed by atoms with Gasteiger partial charge in [-0.3, -0.25) is 4.79 Å². The van der Waals surface area contributed by atoms with E-state index in [1.54, 1.807) is 18.2 Å². The number of amides is 1. The molecule has 0 spiro atoms. The normalized spacial score (nSPS) is 12.0. The maximum atomic E-state index is 11.9. The summed E-state index contributed by atoms with van der Waals surface area (Å²) < 4.78 is 5.09. The molecule has 1 rings (SSSR count). The largest absolute Gasteiger partial charge is 0.496 e. The molecule has 0 aliphatic rings. The zero-order valence-corrected chi connectivity index (χ0v) is 11.3. The molecule has 0 saturated carbocycles. The first-order valence-corrected chi connectivity index (χ1v) is 6.26. The highest BCUT2D eigenvalue weighted by Gasteiger charge is 2.13. The molecule has 0 saturated heterocycles. The van der Waals surface area contributed by atoms with Crippen LogP contribution in [-0.2, 0) is 0 Å². The van der Waals surface area contributed by atoms with Gasteiger partial charge >= 0.3 is 0 Å². The third-order valence-electron chi connectivity index (χ3n) is 2.53. The number of rotatable bonds is 6. The fourth-order valence-corrected chi connectivity index (χ4v) is 1.77. The van der Waals surface area contributed by atoms with E-state index in [4.69, 9.17) is 16.3 Å². The Hall–Kier alpha value is -1.26. The lowest BCUT2D eigenvalue weighted by molar-refractivity contribution is 0.0907. The van der Waals surface area contributed by atoms with Crippen LogP contribution < -0.4 is 10.1 Å². The number of nitrogens with one attached hydrogen (secondary N) is 1. The first-order chi connectivity index (χ1) is 8.58. The molecule has 1 atom stereocenters. The summed E-state index contributed by atoms with van der Waals surface area (Å²) in [5.41, 5.74) is 0.369. The number of aliphatic hydroxyl groups excluding tert-OH is 1. The summed E-state index contributed by atoms with van der Waals surface area (Å²) in [6.07, 6.45) is 1.01. The standard InChI is InChI=1S/C13H18ClNO3/c1-3-4-10(16)8-15-13(17)11-7-9(14)5-6-12(11)18-2/h5-7,10,16H,3-4,8H2,1-2H3,(H,15,17). The smallest absolute Gasteiger partial charge is 0.255 e. The van der Waals surface area contributed by atoms with E-state index in [0.29, 0.717) is 22.8 Å². The number of carbonyl (C=O) groups is 1. The van der Waals surface area contributed by atoms with Gasteiger partial charge in [-0.05, 0) is 24.6 Å². The Morgan fingerprint density at radius 3 is 2.89 bits per heavy atom. The van der Waals surface area contributed by atoms with Gasteiger partial charge in [-0.15, -0.1) is 0 Å². The number of ether oxygens (including phenoxy) is 1. The molecular weight excluding hydrogens is 254 g/mol. The fourth-order valence-electron chi connectivity index (χ4n) is 1.60. The highest BCUT2D eigenvalue weighted by atomic mass is 35.5. The van der Waals surface area contributed by atoms with Crippen LogP contribution >= 0.6 is 11.6 Å². The van der Waals surface area contributed by atoms with E-state index in [9.17, 15) is 9.90 Å². The van der Waals surface area contributed by atoms with Crippen molar-refractivity contribution in [3.05, 3.63) is 28.8 Å². The Morgan fingerprint density at radius 2 is 2.28 bits per heavy atom. The number of methoxy groups -OCH3 is 1. The van der Waals surface area contributed by atoms with Gasteiger partial charge in [0.1, 0.15) is 5.75 Å². The Kier molecular flexibility index (Phi) is 5.95. The van der Waals surface area contributed by atoms with Crippen LogP contribution in [0.5, 0.6) is 5.75 Å². The van der Waals surface area contributed by atoms with Gasteiger partial charge in [0.2, 0.25) is 0 Å². The molecule has 0 aliphatic heterocycles. The molecule has 1 aromatic rings. The number of benzene rings is 1. The molecule has 0 bridgehead atoms. The van der Waals surface area contributed by atoms with Gasteiger partial charge in [-0.25, -0.2) is 0 Å². The summed E-state index contributed by atoms with van der Waals surface area (Å²) in [4.78, 5) is 11.9. The SMILES string of the molecule is CCCC(O)CNC(=O)c1cc(Cl)ccc1OC. The van der Waals surface area contributed by atoms with Crippen molar-refractivity contribution in [2.75, 3.05) is 13.7 Å². The first kappa shape index (κ1) is 14.8. The average molecular weight is 272 g/mol. The van der Waals surface area contributed by atoms with Crippen LogP contribution in [0, 0.1) is 0 Å². The van der Waals surface area contributed by atoms with Gasteiger partial charge < -0.3 is 15.2 Å². The molecule has 4 nitrogen and oxygen atoms in total. The lowest BCUT2D eigenvalue weighted by atomic mass is 10.1. The molecule has 1 unspecified atom stereocenters. The predicted octanol–water partition coefficient (Wildman–Crippen LogP) is 2.24. The summed E-state index contributed by atoms with van der Waals surface area (Å²) in [7, 11) is 1.49. The van der Waals surface area contributed by atoms with E-state index in [-0.39, 0.29) is 12.5 Å². The van der Waals surface area contributed by atoms with Gasteiger partial charge in [-0.1, -0.05) is 24.9 Å². The molecule has 0 heterocycles. The van der Waals surface area contributed by atoms with Crippen molar-refractivity contribution in [3.8, 4) is 5.75 Å². The minimum atomic E-state index is -0.524. The Bertz CT molecular complexity index is 409. The van der Waals surface area contributed by atoms with Crippen LogP contribution in [0.3, 0.4) is 0 Å². The molecule has 5 heteroatoms. The van der Waals surface area contributed by atoms with Crippen molar-refractivity contribution in [1.29, 1.82) is 0 Å². The van der Waals surface area contributed by atoms with Crippen LogP contribution in [0.4, 0.5) is 0 Å². The fraction of sp³-hybridized carbons (Fsp3) is 0.462. The minimum absolute atomic E-state index is 0.225. The second kappa shape index (κ2) is 7.24. The van der Waals surface area contributed by atoms with Crippen LogP contribution in [-0.4, -0.2) is 30.8 Å². The van der Waals surface area contributed by atoms with E-state index >= 15 is 0 Å². The molecule has 0 fully saturated rings. The molecular formula is C13H18ClNO3. The maximum Gasteiger partial charge on any atom is 0.255 e. The van der Waals surface area contributed by atoms with Crippen molar-refractivity contribution in [3.63, 3.8) is 0 Å². The maximum absolute atomic E-state index is 11.9. The van der Waals surface area contributed by atoms with E-state index in [0.717, 1.165) is 6.42 Å². The van der Waals surface area contributed by atoms with Crippen LogP contribution in [0.1, 0.15) is 30.1 Å². The third-order valence-corrected chi connectivity index (χ3v) is 2.76. The van der Waals surface area contributed by atoms with Crippen molar-refractivity contribution in [1.82, 2.24) is 5.32 Å². The molecule has 18 heavy (non-hydrogen) atoms. The lowest BCUT2D eigenvalue weighted by Gasteiger charge is -2.12. The second-order valence-corrected chi connectivity index (χ2v) is 4.43. The third kappa shape index (κ3) is 4.20. The number of hydrogen-bond donors (Lipinski definition) is 2. The number of carbonyl (C=O) groups excluding carboxylic acids is 1. The Balaban J connectivity index is 2.68. The van der Waals surface area contributed by atoms with Crippen molar-refractivity contribution in [2.45, 2.75) is 25.9 Å². The molecule has 100 valence electrons. The second-order valence-electron chi connectivity index (χ2n) is 4.00. The monoisotopic (exact) mass is 271 g/mol. The molecule has 1 aromatic carbocycles. The van der Waals surface area contributed by atoms with E-state index in [1.807, 2.05) is 6.92 Å². The molecule has 2 N–H and O–H groups in total. The van der Waals surface area contributed by atoms with Gasteiger partial charge in [0, 0.05) is 11.6 Å². The summed E-state index contributed by atoms with van der Waals surface area (Å²) in [5, 5.41) is 12.7. The first-order valence-electron chi connectivity index (χ1n) is 5.88. The number of hydrogen-bond acceptors (Lipinski definition) is 3. The summed E-state index contributed by atoms with van der Waals surface area (Å²) >= 11 is 5.85. The van der Waals surface area contributed by atoms with E-state index in [1.165, 1.54) is 7.11 Å². The van der Waals surface area contributed by atoms with Crippen LogP contribution in [0.25, 0.3) is 0 Å². The molecule has 0 radical (unpaired) electrons. The average Bonchev–Trinajstić information content (AvgIpc) is 2.36. The van der Waals surface area contributed by atoms with E-state index < -0.39 is 6.10 Å². The van der Waals surface area contributed by atoms with Gasteiger partial charge in [0.25, 0.3) is 5.91 Å². The summed E-state index contributed by atoms with van der Waals surface area (Å²) in [6.45, 7) is 2.20. The van der Waals surface area contributed by atoms with Crippen LogP contribution in [0.15, 0.2) is 18.2 Å². The summed E-state index contributed by atoms with van der Waals surface area (Å²) in [6, 6.07) is 4.84. The van der Waals surface area contributed by atoms with Crippen molar-refractivity contribution >= 4 is 17.5 Å².